The average molecular weight is 435 g/mol. The van der Waals surface area contributed by atoms with E-state index in [0.29, 0.717) is 5.56 Å². The van der Waals surface area contributed by atoms with Crippen LogP contribution >= 0.6 is 11.6 Å². The molecule has 5 nitrogen and oxygen atoms in total. The van der Waals surface area contributed by atoms with Crippen LogP contribution in [0.5, 0.6) is 5.75 Å². The van der Waals surface area contributed by atoms with Gasteiger partial charge in [0.2, 0.25) is 9.84 Å². The number of carboxylic acids is 1. The third-order valence-electron chi connectivity index (χ3n) is 4.19. The monoisotopic (exact) mass is 434 g/mol. The van der Waals surface area contributed by atoms with E-state index in [-0.39, 0.29) is 26.1 Å². The molecule has 0 amide bonds. The fraction of sp³-hybridized carbons (Fsp3) is 0.0952. The van der Waals surface area contributed by atoms with E-state index in [9.17, 15) is 17.6 Å². The molecule has 0 aliphatic carbocycles. The topological polar surface area (TPSA) is 80.7 Å². The number of carboxylic acid groups (broad SMARTS) is 1. The van der Waals surface area contributed by atoms with Crippen LogP contribution in [0, 0.1) is 5.82 Å². The molecule has 0 radical (unpaired) electrons. The van der Waals surface area contributed by atoms with Crippen molar-refractivity contribution in [2.75, 3.05) is 0 Å². The molecule has 0 saturated carbocycles. The standard InChI is InChI=1S/C21H16ClFO5S/c1-13(21(24)25)28-20-10-7-14(23)11-18(20)17-9-8-16(12-19(17)22)29(26,27)15-5-3-2-4-6-15/h2-13H,1H3,(H,24,25)/t13-/m0/s1. The Labute approximate surface area is 172 Å². The van der Waals surface area contributed by atoms with Crippen molar-refractivity contribution >= 4 is 27.4 Å². The summed E-state index contributed by atoms with van der Waals surface area (Å²) in [7, 11) is -3.78. The lowest BCUT2D eigenvalue weighted by Crippen LogP contribution is -2.23. The summed E-state index contributed by atoms with van der Waals surface area (Å²) in [6.07, 6.45) is -1.17. The van der Waals surface area contributed by atoms with Crippen LogP contribution in [0.4, 0.5) is 4.39 Å². The van der Waals surface area contributed by atoms with Gasteiger partial charge >= 0.3 is 5.97 Å². The van der Waals surface area contributed by atoms with E-state index in [0.717, 1.165) is 12.1 Å². The maximum absolute atomic E-state index is 13.8. The first-order valence-corrected chi connectivity index (χ1v) is 10.4. The molecule has 0 aliphatic rings. The van der Waals surface area contributed by atoms with Gasteiger partial charge in [-0.1, -0.05) is 35.9 Å². The van der Waals surface area contributed by atoms with Gasteiger partial charge < -0.3 is 9.84 Å². The first-order valence-electron chi connectivity index (χ1n) is 8.49. The first-order chi connectivity index (χ1) is 13.7. The summed E-state index contributed by atoms with van der Waals surface area (Å²) in [5.74, 6) is -1.65. The highest BCUT2D eigenvalue weighted by Gasteiger charge is 2.21. The fourth-order valence-corrected chi connectivity index (χ4v) is 4.33. The Morgan fingerprint density at radius 1 is 1.00 bits per heavy atom. The number of ether oxygens (including phenoxy) is 1. The smallest absolute Gasteiger partial charge is 0.344 e. The SMILES string of the molecule is C[C@H](Oc1ccc(F)cc1-c1ccc(S(=O)(=O)c2ccccc2)cc1Cl)C(=O)O. The quantitative estimate of drug-likeness (QED) is 0.601. The van der Waals surface area contributed by atoms with E-state index in [4.69, 9.17) is 21.4 Å². The Balaban J connectivity index is 2.06. The van der Waals surface area contributed by atoms with Gasteiger partial charge in [-0.05, 0) is 49.4 Å². The van der Waals surface area contributed by atoms with Crippen LogP contribution in [-0.4, -0.2) is 25.6 Å². The zero-order valence-corrected chi connectivity index (χ0v) is 16.7. The van der Waals surface area contributed by atoms with Crippen molar-refractivity contribution in [3.8, 4) is 16.9 Å². The van der Waals surface area contributed by atoms with Gasteiger partial charge in [-0.3, -0.25) is 0 Å². The second-order valence-electron chi connectivity index (χ2n) is 6.20. The number of rotatable bonds is 6. The predicted octanol–water partition coefficient (Wildman–Crippen LogP) is 4.83. The van der Waals surface area contributed by atoms with Crippen molar-refractivity contribution in [2.45, 2.75) is 22.8 Å². The van der Waals surface area contributed by atoms with E-state index >= 15 is 0 Å². The van der Waals surface area contributed by atoms with Gasteiger partial charge in [-0.2, -0.15) is 0 Å². The number of benzene rings is 3. The Kier molecular flexibility index (Phi) is 5.91. The van der Waals surface area contributed by atoms with Gasteiger partial charge in [0.1, 0.15) is 11.6 Å². The van der Waals surface area contributed by atoms with Crippen LogP contribution in [0.3, 0.4) is 0 Å². The molecule has 0 aliphatic heterocycles. The largest absolute Gasteiger partial charge is 0.479 e. The maximum Gasteiger partial charge on any atom is 0.344 e. The predicted molar refractivity (Wildman–Crippen MR) is 106 cm³/mol. The molecule has 3 aromatic carbocycles. The molecule has 0 spiro atoms. The van der Waals surface area contributed by atoms with Gasteiger partial charge in [0.15, 0.2) is 6.10 Å². The van der Waals surface area contributed by atoms with Gasteiger partial charge in [-0.15, -0.1) is 0 Å². The Bertz CT molecular complexity index is 1160. The van der Waals surface area contributed by atoms with Crippen LogP contribution in [0.25, 0.3) is 11.1 Å². The van der Waals surface area contributed by atoms with Crippen molar-refractivity contribution in [3.63, 3.8) is 0 Å². The van der Waals surface area contributed by atoms with E-state index in [1.54, 1.807) is 18.2 Å². The molecule has 0 fully saturated rings. The maximum atomic E-state index is 13.8. The van der Waals surface area contributed by atoms with Gasteiger partial charge in [0.05, 0.1) is 9.79 Å². The van der Waals surface area contributed by atoms with Crippen LogP contribution in [0.1, 0.15) is 6.92 Å². The highest BCUT2D eigenvalue weighted by Crippen LogP contribution is 2.37. The molecule has 0 bridgehead atoms. The second kappa shape index (κ2) is 8.23. The number of hydrogen-bond acceptors (Lipinski definition) is 4. The summed E-state index contributed by atoms with van der Waals surface area (Å²) >= 11 is 6.32. The number of halogens is 2. The molecule has 0 aromatic heterocycles. The summed E-state index contributed by atoms with van der Waals surface area (Å²) in [5, 5.41) is 9.11. The molecule has 0 saturated heterocycles. The number of sulfone groups is 1. The van der Waals surface area contributed by atoms with E-state index < -0.39 is 27.7 Å². The van der Waals surface area contributed by atoms with Crippen LogP contribution in [-0.2, 0) is 14.6 Å². The molecular formula is C21H16ClFO5S. The van der Waals surface area contributed by atoms with Gasteiger partial charge in [-0.25, -0.2) is 17.6 Å². The minimum Gasteiger partial charge on any atom is -0.479 e. The minimum atomic E-state index is -3.78. The van der Waals surface area contributed by atoms with Crippen LogP contribution in [0.2, 0.25) is 5.02 Å². The zero-order chi connectivity index (χ0) is 21.2. The molecule has 3 aromatic rings. The summed E-state index contributed by atoms with van der Waals surface area (Å²) in [5.41, 5.74) is 0.525. The molecule has 3 rings (SSSR count). The molecule has 150 valence electrons. The molecule has 0 unspecified atom stereocenters. The second-order valence-corrected chi connectivity index (χ2v) is 8.55. The molecule has 1 N–H and O–H groups in total. The molecule has 0 heterocycles. The molecule has 8 heteroatoms. The summed E-state index contributed by atoms with van der Waals surface area (Å²) in [6.45, 7) is 1.34. The van der Waals surface area contributed by atoms with Crippen molar-refractivity contribution in [2.24, 2.45) is 0 Å². The Morgan fingerprint density at radius 2 is 1.69 bits per heavy atom. The first kappa shape index (κ1) is 20.8. The average Bonchev–Trinajstić information content (AvgIpc) is 2.70. The molecule has 1 atom stereocenters. The third kappa shape index (κ3) is 4.41. The summed E-state index contributed by atoms with van der Waals surface area (Å²) in [4.78, 5) is 11.2. The van der Waals surface area contributed by atoms with Crippen molar-refractivity contribution < 1.29 is 27.4 Å². The van der Waals surface area contributed by atoms with Crippen LogP contribution in [0.15, 0.2) is 76.5 Å². The lowest BCUT2D eigenvalue weighted by molar-refractivity contribution is -0.144. The van der Waals surface area contributed by atoms with Gasteiger partial charge in [0, 0.05) is 16.1 Å². The van der Waals surface area contributed by atoms with Crippen LogP contribution < -0.4 is 4.74 Å². The zero-order valence-electron chi connectivity index (χ0n) is 15.2. The number of aliphatic carboxylic acids is 1. The number of hydrogen-bond donors (Lipinski definition) is 1. The normalized spacial score (nSPS) is 12.4. The molecule has 29 heavy (non-hydrogen) atoms. The lowest BCUT2D eigenvalue weighted by Gasteiger charge is -2.16. The summed E-state index contributed by atoms with van der Waals surface area (Å²) < 4.78 is 44.8. The third-order valence-corrected chi connectivity index (χ3v) is 6.27. The number of carbonyl (C=O) groups is 1. The molecular weight excluding hydrogens is 419 g/mol. The highest BCUT2D eigenvalue weighted by molar-refractivity contribution is 7.91. The van der Waals surface area contributed by atoms with E-state index in [1.165, 1.54) is 43.3 Å². The van der Waals surface area contributed by atoms with Crippen molar-refractivity contribution in [1.82, 2.24) is 0 Å². The van der Waals surface area contributed by atoms with Crippen molar-refractivity contribution in [1.29, 1.82) is 0 Å². The summed E-state index contributed by atoms with van der Waals surface area (Å²) in [6, 6.07) is 15.5. The Morgan fingerprint density at radius 3 is 2.31 bits per heavy atom. The van der Waals surface area contributed by atoms with Crippen molar-refractivity contribution in [3.05, 3.63) is 77.6 Å². The minimum absolute atomic E-state index is 0.0183. The van der Waals surface area contributed by atoms with Gasteiger partial charge in [0.25, 0.3) is 0 Å². The van der Waals surface area contributed by atoms with E-state index in [1.807, 2.05) is 0 Å². The lowest BCUT2D eigenvalue weighted by atomic mass is 10.0. The highest BCUT2D eigenvalue weighted by atomic mass is 35.5. The Hall–Kier alpha value is -2.90. The van der Waals surface area contributed by atoms with E-state index in [2.05, 4.69) is 0 Å². The fourth-order valence-electron chi connectivity index (χ4n) is 2.67.